The van der Waals surface area contributed by atoms with Crippen LogP contribution in [0.4, 0.5) is 14.6 Å². The number of aryl methyl sites for hydroxylation is 1. The van der Waals surface area contributed by atoms with Crippen LogP contribution in [-0.4, -0.2) is 70.4 Å². The van der Waals surface area contributed by atoms with E-state index in [1.165, 1.54) is 6.07 Å². The van der Waals surface area contributed by atoms with Crippen molar-refractivity contribution in [3.8, 4) is 17.1 Å². The van der Waals surface area contributed by atoms with Gasteiger partial charge in [0.25, 0.3) is 0 Å². The van der Waals surface area contributed by atoms with Gasteiger partial charge < -0.3 is 14.7 Å². The normalized spacial score (nSPS) is 26.2. The van der Waals surface area contributed by atoms with Crippen molar-refractivity contribution in [1.29, 1.82) is 0 Å². The van der Waals surface area contributed by atoms with Crippen molar-refractivity contribution >= 4 is 45.1 Å². The van der Waals surface area contributed by atoms with Crippen LogP contribution in [0.15, 0.2) is 36.4 Å². The summed E-state index contributed by atoms with van der Waals surface area (Å²) >= 11 is 6.66. The van der Waals surface area contributed by atoms with Crippen molar-refractivity contribution < 1.29 is 23.4 Å². The maximum absolute atomic E-state index is 17.1. The molecule has 4 atom stereocenters. The first-order chi connectivity index (χ1) is 21.7. The predicted molar refractivity (Wildman–Crippen MR) is 171 cm³/mol. The lowest BCUT2D eigenvalue weighted by molar-refractivity contribution is 0.0697. The summed E-state index contributed by atoms with van der Waals surface area (Å²) in [4.78, 5) is 26.6. The Bertz CT molecular complexity index is 1860. The van der Waals surface area contributed by atoms with Crippen LogP contribution in [0.25, 0.3) is 32.8 Å². The standard InChI is InChI=1S/C35H35ClF2N4O3/c1-19-10-22-4-2-5-27(36)28(22)24(11-19)29-25(33(43)44)13-26-31(30(29)38)39-34(40-32(26)41-15-20-6-7-21(12-20)16-41)45-18-35-8-3-9-42(35)17-23(37)14-35/h2,4-5,10-11,13,20-21,23H,3,6-9,12,14-18H2,1H3,(H,43,44)/t20?,21?,23-,35+/m1/s1. The minimum absolute atomic E-state index is 0.00481. The summed E-state index contributed by atoms with van der Waals surface area (Å²) in [6.45, 7) is 4.83. The van der Waals surface area contributed by atoms with Gasteiger partial charge in [-0.15, -0.1) is 0 Å². The summed E-state index contributed by atoms with van der Waals surface area (Å²) in [5.74, 6) is -0.501. The number of hydrogen-bond donors (Lipinski definition) is 1. The van der Waals surface area contributed by atoms with Crippen molar-refractivity contribution in [3.63, 3.8) is 0 Å². The lowest BCUT2D eigenvalue weighted by Gasteiger charge is -2.34. The molecule has 10 heteroatoms. The molecule has 2 unspecified atom stereocenters. The SMILES string of the molecule is Cc1cc(-c2c(C(=O)O)cc3c(N4CC5CCC(C5)C4)nc(OC[C@@]45CCCN4C[C@H](F)C5)nc3c2F)c2c(Cl)cccc2c1. The molecule has 0 radical (unpaired) electrons. The summed E-state index contributed by atoms with van der Waals surface area (Å²) < 4.78 is 37.9. The van der Waals surface area contributed by atoms with E-state index in [0.29, 0.717) is 52.0 Å². The number of nitrogens with zero attached hydrogens (tertiary/aromatic N) is 4. The quantitative estimate of drug-likeness (QED) is 0.237. The molecule has 1 N–H and O–H groups in total. The molecule has 2 bridgehead atoms. The van der Waals surface area contributed by atoms with E-state index in [9.17, 15) is 14.3 Å². The maximum atomic E-state index is 17.1. The number of aromatic nitrogens is 2. The molecule has 1 aromatic heterocycles. The molecule has 4 aliphatic rings. The summed E-state index contributed by atoms with van der Waals surface area (Å²) in [6.07, 6.45) is 4.71. The van der Waals surface area contributed by atoms with E-state index in [1.54, 1.807) is 12.1 Å². The fourth-order valence-corrected chi connectivity index (χ4v) is 8.97. The minimum atomic E-state index is -1.25. The van der Waals surface area contributed by atoms with Crippen LogP contribution in [0.2, 0.25) is 5.02 Å². The van der Waals surface area contributed by atoms with Gasteiger partial charge in [-0.05, 0) is 86.1 Å². The monoisotopic (exact) mass is 632 g/mol. The lowest BCUT2D eigenvalue weighted by Crippen LogP contribution is -2.43. The Balaban J connectivity index is 1.32. The third-order valence-corrected chi connectivity index (χ3v) is 10.9. The van der Waals surface area contributed by atoms with Crippen LogP contribution in [0.5, 0.6) is 6.01 Å². The number of alkyl halides is 1. The first kappa shape index (κ1) is 28.9. The Morgan fingerprint density at radius 1 is 1.16 bits per heavy atom. The molecule has 8 rings (SSSR count). The molecule has 3 aromatic carbocycles. The first-order valence-corrected chi connectivity index (χ1v) is 16.3. The molecule has 0 spiro atoms. The Labute approximate surface area is 265 Å². The Morgan fingerprint density at radius 3 is 2.73 bits per heavy atom. The van der Waals surface area contributed by atoms with Crippen molar-refractivity contribution in [1.82, 2.24) is 14.9 Å². The molecule has 4 aromatic rings. The molecule has 7 nitrogen and oxygen atoms in total. The number of carboxylic acids is 1. The van der Waals surface area contributed by atoms with Gasteiger partial charge in [0.15, 0.2) is 5.82 Å². The average Bonchev–Trinajstić information content (AvgIpc) is 3.65. The number of halogens is 3. The van der Waals surface area contributed by atoms with Gasteiger partial charge in [0, 0.05) is 47.4 Å². The molecular formula is C35H35ClF2N4O3. The Morgan fingerprint density at radius 2 is 1.96 bits per heavy atom. The van der Waals surface area contributed by atoms with Crippen molar-refractivity contribution in [2.45, 2.75) is 57.2 Å². The highest BCUT2D eigenvalue weighted by Crippen LogP contribution is 2.45. The zero-order valence-electron chi connectivity index (χ0n) is 25.2. The van der Waals surface area contributed by atoms with Gasteiger partial charge in [-0.25, -0.2) is 13.6 Å². The molecule has 4 heterocycles. The molecule has 1 saturated carbocycles. The summed E-state index contributed by atoms with van der Waals surface area (Å²) in [7, 11) is 0. The maximum Gasteiger partial charge on any atom is 0.336 e. The van der Waals surface area contributed by atoms with E-state index >= 15 is 4.39 Å². The number of carboxylic acid groups (broad SMARTS) is 1. The number of carbonyl (C=O) groups is 1. The van der Waals surface area contributed by atoms with Crippen LogP contribution in [0, 0.1) is 24.6 Å². The van der Waals surface area contributed by atoms with Crippen LogP contribution >= 0.6 is 11.6 Å². The van der Waals surface area contributed by atoms with Crippen LogP contribution in [0.3, 0.4) is 0 Å². The van der Waals surface area contributed by atoms with Gasteiger partial charge >= 0.3 is 12.0 Å². The van der Waals surface area contributed by atoms with Gasteiger partial charge in [0.2, 0.25) is 0 Å². The van der Waals surface area contributed by atoms with Gasteiger partial charge in [-0.3, -0.25) is 4.90 Å². The van der Waals surface area contributed by atoms with Crippen molar-refractivity contribution in [3.05, 3.63) is 58.4 Å². The molecule has 234 valence electrons. The largest absolute Gasteiger partial charge is 0.478 e. The molecule has 3 saturated heterocycles. The average molecular weight is 633 g/mol. The fourth-order valence-electron chi connectivity index (χ4n) is 8.69. The number of rotatable bonds is 6. The second-order valence-corrected chi connectivity index (χ2v) is 14.0. The van der Waals surface area contributed by atoms with E-state index < -0.39 is 23.5 Å². The number of benzene rings is 3. The molecule has 1 aliphatic carbocycles. The fraction of sp³-hybridized carbons (Fsp3) is 0.457. The highest BCUT2D eigenvalue weighted by Gasteiger charge is 2.49. The summed E-state index contributed by atoms with van der Waals surface area (Å²) in [5, 5.41) is 12.6. The van der Waals surface area contributed by atoms with Gasteiger partial charge in [0.05, 0.1) is 11.1 Å². The van der Waals surface area contributed by atoms with E-state index in [2.05, 4.69) is 14.8 Å². The number of ether oxygens (including phenoxy) is 1. The third kappa shape index (κ3) is 4.81. The Hall–Kier alpha value is -3.56. The van der Waals surface area contributed by atoms with E-state index in [-0.39, 0.29) is 29.3 Å². The second-order valence-electron chi connectivity index (χ2n) is 13.6. The van der Waals surface area contributed by atoms with Crippen LogP contribution < -0.4 is 9.64 Å². The van der Waals surface area contributed by atoms with Gasteiger partial charge in [-0.1, -0.05) is 35.9 Å². The minimum Gasteiger partial charge on any atom is -0.478 e. The van der Waals surface area contributed by atoms with E-state index in [1.807, 2.05) is 25.1 Å². The van der Waals surface area contributed by atoms with Crippen molar-refractivity contribution in [2.75, 3.05) is 37.7 Å². The molecular weight excluding hydrogens is 598 g/mol. The van der Waals surface area contributed by atoms with Crippen LogP contribution in [0.1, 0.15) is 54.4 Å². The topological polar surface area (TPSA) is 78.8 Å². The molecule has 45 heavy (non-hydrogen) atoms. The second kappa shape index (κ2) is 10.8. The first-order valence-electron chi connectivity index (χ1n) is 15.9. The molecule has 4 fully saturated rings. The highest BCUT2D eigenvalue weighted by atomic mass is 35.5. The lowest BCUT2D eigenvalue weighted by atomic mass is 9.91. The number of aromatic carboxylic acids is 1. The van der Waals surface area contributed by atoms with E-state index in [0.717, 1.165) is 62.7 Å². The molecule has 3 aliphatic heterocycles. The van der Waals surface area contributed by atoms with Crippen molar-refractivity contribution in [2.24, 2.45) is 11.8 Å². The Kier molecular flexibility index (Phi) is 6.91. The smallest absolute Gasteiger partial charge is 0.336 e. The van der Waals surface area contributed by atoms with Gasteiger partial charge in [-0.2, -0.15) is 9.97 Å². The third-order valence-electron chi connectivity index (χ3n) is 10.6. The summed E-state index contributed by atoms with van der Waals surface area (Å²) in [6, 6.07) is 10.7. The predicted octanol–water partition coefficient (Wildman–Crippen LogP) is 7.44. The number of hydrogen-bond acceptors (Lipinski definition) is 6. The zero-order valence-corrected chi connectivity index (χ0v) is 25.9. The summed E-state index contributed by atoms with van der Waals surface area (Å²) in [5.41, 5.74) is 0.580. The van der Waals surface area contributed by atoms with Crippen LogP contribution in [-0.2, 0) is 0 Å². The molecule has 0 amide bonds. The number of anilines is 1. The number of piperidine rings is 1. The van der Waals surface area contributed by atoms with E-state index in [4.69, 9.17) is 21.3 Å². The number of fused-ring (bicyclic) bond motifs is 5. The zero-order chi connectivity index (χ0) is 31.0. The van der Waals surface area contributed by atoms with Gasteiger partial charge in [0.1, 0.15) is 24.1 Å². The highest BCUT2D eigenvalue weighted by molar-refractivity contribution is 6.37.